The number of thioether (sulfide) groups is 2. The zero-order valence-electron chi connectivity index (χ0n) is 11.8. The first-order valence-corrected chi connectivity index (χ1v) is 9.12. The molecule has 0 amide bonds. The maximum atomic E-state index is 8.98. The van der Waals surface area contributed by atoms with Crippen molar-refractivity contribution in [1.29, 1.82) is 5.26 Å². The average molecular weight is 311 g/mol. The Balaban J connectivity index is 1.94. The highest BCUT2D eigenvalue weighted by Gasteiger charge is 2.35. The van der Waals surface area contributed by atoms with E-state index in [0.717, 1.165) is 12.0 Å². The Morgan fingerprint density at radius 3 is 2.24 bits per heavy atom. The van der Waals surface area contributed by atoms with Crippen molar-refractivity contribution in [2.75, 3.05) is 11.5 Å². The van der Waals surface area contributed by atoms with Gasteiger partial charge in [0.2, 0.25) is 0 Å². The lowest BCUT2D eigenvalue weighted by molar-refractivity contribution is 0.846. The van der Waals surface area contributed by atoms with Gasteiger partial charge in [0, 0.05) is 6.42 Å². The van der Waals surface area contributed by atoms with Crippen molar-refractivity contribution >= 4 is 23.5 Å². The van der Waals surface area contributed by atoms with Gasteiger partial charge in [-0.15, -0.1) is 23.5 Å². The Hall–Kier alpha value is -1.37. The molecule has 3 heteroatoms. The van der Waals surface area contributed by atoms with Crippen molar-refractivity contribution in [3.8, 4) is 6.07 Å². The maximum absolute atomic E-state index is 8.98. The summed E-state index contributed by atoms with van der Waals surface area (Å²) in [5, 5.41) is 8.98. The maximum Gasteiger partial charge on any atom is 0.0991 e. The van der Waals surface area contributed by atoms with Crippen LogP contribution >= 0.6 is 23.5 Å². The molecule has 1 aliphatic heterocycles. The van der Waals surface area contributed by atoms with Crippen molar-refractivity contribution < 1.29 is 0 Å². The highest BCUT2D eigenvalue weighted by molar-refractivity contribution is 8.18. The van der Waals surface area contributed by atoms with E-state index in [1.165, 1.54) is 29.1 Å². The second-order valence-corrected chi connectivity index (χ2v) is 8.20. The number of hydrogen-bond donors (Lipinski definition) is 0. The SMILES string of the molecule is N#Cc1ccc(C2(Cc3ccccc3)SCCCS2)cc1. The number of nitrogens with zero attached hydrogens (tertiary/aromatic N) is 1. The summed E-state index contributed by atoms with van der Waals surface area (Å²) in [7, 11) is 0. The molecule has 1 heterocycles. The zero-order chi connectivity index (χ0) is 14.5. The van der Waals surface area contributed by atoms with E-state index in [2.05, 4.69) is 72.1 Å². The lowest BCUT2D eigenvalue weighted by Gasteiger charge is -2.37. The minimum Gasteiger partial charge on any atom is -0.192 e. The fourth-order valence-corrected chi connectivity index (χ4v) is 6.00. The number of hydrogen-bond acceptors (Lipinski definition) is 3. The van der Waals surface area contributed by atoms with Crippen LogP contribution in [0.4, 0.5) is 0 Å². The summed E-state index contributed by atoms with van der Waals surface area (Å²) in [6.45, 7) is 0. The molecule has 21 heavy (non-hydrogen) atoms. The van der Waals surface area contributed by atoms with Crippen molar-refractivity contribution in [3.63, 3.8) is 0 Å². The lowest BCUT2D eigenvalue weighted by atomic mass is 10.0. The highest BCUT2D eigenvalue weighted by Crippen LogP contribution is 2.52. The van der Waals surface area contributed by atoms with Gasteiger partial charge in [0.15, 0.2) is 0 Å². The quantitative estimate of drug-likeness (QED) is 0.811. The molecule has 1 aliphatic rings. The summed E-state index contributed by atoms with van der Waals surface area (Å²) in [5.41, 5.74) is 3.45. The van der Waals surface area contributed by atoms with E-state index in [4.69, 9.17) is 5.26 Å². The highest BCUT2D eigenvalue weighted by atomic mass is 32.2. The first-order chi connectivity index (χ1) is 10.3. The summed E-state index contributed by atoms with van der Waals surface area (Å²) in [6.07, 6.45) is 2.32. The van der Waals surface area contributed by atoms with Gasteiger partial charge in [0.05, 0.1) is 15.7 Å². The van der Waals surface area contributed by atoms with E-state index in [9.17, 15) is 0 Å². The van der Waals surface area contributed by atoms with E-state index in [1.54, 1.807) is 0 Å². The molecule has 0 unspecified atom stereocenters. The molecule has 1 fully saturated rings. The van der Waals surface area contributed by atoms with Crippen LogP contribution in [0.2, 0.25) is 0 Å². The van der Waals surface area contributed by atoms with Gasteiger partial charge < -0.3 is 0 Å². The van der Waals surface area contributed by atoms with Crippen LogP contribution in [0.5, 0.6) is 0 Å². The van der Waals surface area contributed by atoms with Crippen molar-refractivity contribution in [2.45, 2.75) is 16.9 Å². The molecule has 3 rings (SSSR count). The Kier molecular flexibility index (Phi) is 4.57. The second kappa shape index (κ2) is 6.60. The summed E-state index contributed by atoms with van der Waals surface area (Å²) in [6, 6.07) is 21.1. The third-order valence-corrected chi connectivity index (χ3v) is 7.08. The lowest BCUT2D eigenvalue weighted by Crippen LogP contribution is -2.25. The van der Waals surface area contributed by atoms with E-state index in [1.807, 2.05) is 12.1 Å². The molecule has 106 valence electrons. The van der Waals surface area contributed by atoms with Gasteiger partial charge in [-0.3, -0.25) is 0 Å². The van der Waals surface area contributed by atoms with E-state index >= 15 is 0 Å². The molecule has 0 bridgehead atoms. The predicted molar refractivity (Wildman–Crippen MR) is 92.5 cm³/mol. The molecule has 0 saturated carbocycles. The Morgan fingerprint density at radius 2 is 1.62 bits per heavy atom. The third-order valence-electron chi connectivity index (χ3n) is 3.69. The van der Waals surface area contributed by atoms with Gasteiger partial charge in [-0.25, -0.2) is 0 Å². The largest absolute Gasteiger partial charge is 0.192 e. The van der Waals surface area contributed by atoms with E-state index in [-0.39, 0.29) is 4.08 Å². The summed E-state index contributed by atoms with van der Waals surface area (Å²) in [4.78, 5) is 0. The Bertz CT molecular complexity index is 623. The predicted octanol–water partition coefficient (Wildman–Crippen LogP) is 4.82. The fourth-order valence-electron chi connectivity index (χ4n) is 2.61. The van der Waals surface area contributed by atoms with Crippen LogP contribution in [0.15, 0.2) is 54.6 Å². The standard InChI is InChI=1S/C18H17NS2/c19-14-16-7-9-17(10-8-16)18(20-11-4-12-21-18)13-15-5-2-1-3-6-15/h1-3,5-10H,4,11-13H2. The van der Waals surface area contributed by atoms with Crippen molar-refractivity contribution in [2.24, 2.45) is 0 Å². The van der Waals surface area contributed by atoms with Gasteiger partial charge in [-0.05, 0) is 41.2 Å². The molecule has 0 aliphatic carbocycles. The summed E-state index contributed by atoms with van der Waals surface area (Å²) in [5.74, 6) is 2.42. The van der Waals surface area contributed by atoms with Gasteiger partial charge in [-0.2, -0.15) is 5.26 Å². The summed E-state index contributed by atoms with van der Waals surface area (Å²) >= 11 is 4.10. The summed E-state index contributed by atoms with van der Waals surface area (Å²) < 4.78 is 0.0909. The van der Waals surface area contributed by atoms with Gasteiger partial charge in [0.25, 0.3) is 0 Å². The topological polar surface area (TPSA) is 23.8 Å². The minimum absolute atomic E-state index is 0.0909. The molecule has 1 saturated heterocycles. The Labute approximate surface area is 134 Å². The monoisotopic (exact) mass is 311 g/mol. The number of nitriles is 1. The molecule has 0 N–H and O–H groups in total. The normalized spacial score (nSPS) is 17.1. The van der Waals surface area contributed by atoms with Gasteiger partial charge >= 0.3 is 0 Å². The number of benzene rings is 2. The van der Waals surface area contributed by atoms with Crippen LogP contribution in [0.3, 0.4) is 0 Å². The van der Waals surface area contributed by atoms with Gasteiger partial charge in [0.1, 0.15) is 0 Å². The third kappa shape index (κ3) is 3.28. The Morgan fingerprint density at radius 1 is 0.952 bits per heavy atom. The molecule has 0 atom stereocenters. The van der Waals surface area contributed by atoms with Crippen LogP contribution in [0.25, 0.3) is 0 Å². The number of rotatable bonds is 3. The van der Waals surface area contributed by atoms with Crippen LogP contribution in [-0.2, 0) is 10.5 Å². The van der Waals surface area contributed by atoms with E-state index in [0.29, 0.717) is 0 Å². The van der Waals surface area contributed by atoms with Gasteiger partial charge in [-0.1, -0.05) is 42.5 Å². The molecule has 0 spiro atoms. The first kappa shape index (κ1) is 14.6. The average Bonchev–Trinajstić information content (AvgIpc) is 2.57. The molecule has 0 aromatic heterocycles. The van der Waals surface area contributed by atoms with Crippen LogP contribution in [-0.4, -0.2) is 11.5 Å². The molecular formula is C18H17NS2. The molecule has 2 aromatic carbocycles. The molecule has 0 radical (unpaired) electrons. The molecule has 2 aromatic rings. The molecular weight excluding hydrogens is 294 g/mol. The van der Waals surface area contributed by atoms with Crippen LogP contribution < -0.4 is 0 Å². The fraction of sp³-hybridized carbons (Fsp3) is 0.278. The van der Waals surface area contributed by atoms with E-state index < -0.39 is 0 Å². The van der Waals surface area contributed by atoms with Crippen molar-refractivity contribution in [3.05, 3.63) is 71.3 Å². The zero-order valence-corrected chi connectivity index (χ0v) is 13.4. The smallest absolute Gasteiger partial charge is 0.0991 e. The second-order valence-electron chi connectivity index (χ2n) is 5.15. The van der Waals surface area contributed by atoms with Crippen LogP contribution in [0, 0.1) is 11.3 Å². The molecule has 1 nitrogen and oxygen atoms in total. The minimum atomic E-state index is 0.0909. The first-order valence-electron chi connectivity index (χ1n) is 7.15. The van der Waals surface area contributed by atoms with Crippen LogP contribution in [0.1, 0.15) is 23.1 Å². The van der Waals surface area contributed by atoms with Crippen molar-refractivity contribution in [1.82, 2.24) is 0 Å².